The maximum Gasteiger partial charge on any atom is 0.160 e. The highest BCUT2D eigenvalue weighted by molar-refractivity contribution is 5.42. The van der Waals surface area contributed by atoms with Gasteiger partial charge in [0.15, 0.2) is 11.5 Å². The number of rotatable bonds is 8. The summed E-state index contributed by atoms with van der Waals surface area (Å²) in [4.78, 5) is 7.57. The molecule has 0 atom stereocenters. The van der Waals surface area contributed by atoms with E-state index in [2.05, 4.69) is 26.7 Å². The van der Waals surface area contributed by atoms with Gasteiger partial charge in [-0.25, -0.2) is 28.1 Å². The summed E-state index contributed by atoms with van der Waals surface area (Å²) in [7, 11) is 1.53. The first-order valence-electron chi connectivity index (χ1n) is 10.1. The number of halogens is 2. The van der Waals surface area contributed by atoms with Gasteiger partial charge in [0.25, 0.3) is 0 Å². The van der Waals surface area contributed by atoms with Crippen molar-refractivity contribution < 1.29 is 23.7 Å². The molecule has 2 N–H and O–H groups in total. The molecular weight excluding hydrogens is 446 g/mol. The number of phenols is 1. The van der Waals surface area contributed by atoms with Crippen LogP contribution in [0.2, 0.25) is 0 Å². The lowest BCUT2D eigenvalue weighted by atomic mass is 9.93. The molecule has 0 fully saturated rings. The quantitative estimate of drug-likeness (QED) is 0.381. The van der Waals surface area contributed by atoms with Crippen LogP contribution in [0.4, 0.5) is 8.78 Å². The van der Waals surface area contributed by atoms with E-state index in [0.29, 0.717) is 5.75 Å². The molecule has 4 rings (SSSR count). The maximum absolute atomic E-state index is 14.1. The number of aromatic nitrogens is 6. The van der Waals surface area contributed by atoms with Crippen molar-refractivity contribution in [3.8, 4) is 11.5 Å². The molecule has 2 aromatic heterocycles. The number of nitrogens with zero attached hydrogens (tertiary/aromatic N) is 6. The number of benzene rings is 2. The smallest absolute Gasteiger partial charge is 0.160 e. The number of hydrogen-bond donors (Lipinski definition) is 2. The summed E-state index contributed by atoms with van der Waals surface area (Å²) in [5, 5.41) is 28.0. The Balaban J connectivity index is 0.000000229. The van der Waals surface area contributed by atoms with Gasteiger partial charge in [0, 0.05) is 11.6 Å². The molecule has 0 saturated heterocycles. The Hall–Kier alpha value is -4.12. The predicted octanol–water partition coefficient (Wildman–Crippen LogP) is 2.87. The molecule has 0 unspecified atom stereocenters. The SMILES string of the molecule is C=CCc1ccc(O)c(OC)c1.OC(Cn1cncn1)(Cn1cncn1)c1ccc(F)cc1F. The summed E-state index contributed by atoms with van der Waals surface area (Å²) in [6.45, 7) is 3.48. The Labute approximate surface area is 194 Å². The molecule has 2 aromatic carbocycles. The lowest BCUT2D eigenvalue weighted by Gasteiger charge is -2.28. The lowest BCUT2D eigenvalue weighted by Crippen LogP contribution is -2.37. The molecule has 9 nitrogen and oxygen atoms in total. The fraction of sp³-hybridized carbons (Fsp3) is 0.217. The second kappa shape index (κ2) is 11.1. The predicted molar refractivity (Wildman–Crippen MR) is 119 cm³/mol. The van der Waals surface area contributed by atoms with Crippen LogP contribution in [-0.2, 0) is 25.1 Å². The standard InChI is InChI=1S/C13H12F2N6O.C10H12O2/c14-10-1-2-11(12(15)3-10)13(22,4-20-8-16-6-18-20)5-21-9-17-7-19-21;1-3-4-8-5-6-9(11)10(7-8)12-2/h1-3,6-9,22H,4-5H2;3,5-7,11H,1,4H2,2H3. The Kier molecular flexibility index (Phi) is 8.04. The highest BCUT2D eigenvalue weighted by atomic mass is 19.1. The normalized spacial score (nSPS) is 10.9. The molecule has 0 spiro atoms. The zero-order valence-corrected chi connectivity index (χ0v) is 18.4. The first kappa shape index (κ1) is 24.5. The molecular formula is C23H24F2N6O3. The molecule has 0 aliphatic carbocycles. The minimum Gasteiger partial charge on any atom is -0.504 e. The minimum atomic E-state index is -1.70. The van der Waals surface area contributed by atoms with E-state index in [1.807, 2.05) is 12.1 Å². The van der Waals surface area contributed by atoms with Gasteiger partial charge in [0.2, 0.25) is 0 Å². The summed E-state index contributed by atoms with van der Waals surface area (Å²) in [5.74, 6) is -0.882. The van der Waals surface area contributed by atoms with Crippen LogP contribution in [0.1, 0.15) is 11.1 Å². The van der Waals surface area contributed by atoms with E-state index in [0.717, 1.165) is 24.1 Å². The van der Waals surface area contributed by atoms with Gasteiger partial charge in [-0.2, -0.15) is 10.2 Å². The van der Waals surface area contributed by atoms with Crippen molar-refractivity contribution in [2.75, 3.05) is 7.11 Å². The van der Waals surface area contributed by atoms with E-state index >= 15 is 0 Å². The van der Waals surface area contributed by atoms with Gasteiger partial charge in [-0.05, 0) is 30.2 Å². The van der Waals surface area contributed by atoms with Crippen molar-refractivity contribution in [2.45, 2.75) is 25.1 Å². The van der Waals surface area contributed by atoms with Crippen LogP contribution < -0.4 is 4.74 Å². The Morgan fingerprint density at radius 3 is 2.18 bits per heavy atom. The second-order valence-electron chi connectivity index (χ2n) is 7.34. The second-order valence-corrected chi connectivity index (χ2v) is 7.34. The molecule has 178 valence electrons. The molecule has 0 aliphatic heterocycles. The molecule has 2 heterocycles. The Morgan fingerprint density at radius 1 is 1.03 bits per heavy atom. The first-order valence-corrected chi connectivity index (χ1v) is 10.1. The van der Waals surface area contributed by atoms with Gasteiger partial charge < -0.3 is 14.9 Å². The topological polar surface area (TPSA) is 111 Å². The van der Waals surface area contributed by atoms with Crippen LogP contribution in [0, 0.1) is 11.6 Å². The van der Waals surface area contributed by atoms with Crippen LogP contribution in [0.25, 0.3) is 0 Å². The fourth-order valence-corrected chi connectivity index (χ4v) is 3.27. The number of methoxy groups -OCH3 is 1. The van der Waals surface area contributed by atoms with Crippen LogP contribution in [0.5, 0.6) is 11.5 Å². The average Bonchev–Trinajstić information content (AvgIpc) is 3.50. The largest absolute Gasteiger partial charge is 0.504 e. The molecule has 11 heteroatoms. The summed E-state index contributed by atoms with van der Waals surface area (Å²) in [6.07, 6.45) is 8.00. The van der Waals surface area contributed by atoms with Crippen molar-refractivity contribution in [2.24, 2.45) is 0 Å². The number of hydrogen-bond acceptors (Lipinski definition) is 7. The van der Waals surface area contributed by atoms with Crippen LogP contribution in [0.15, 0.2) is 74.4 Å². The summed E-state index contributed by atoms with van der Waals surface area (Å²) in [6, 6.07) is 8.29. The number of allylic oxidation sites excluding steroid dienone is 1. The molecule has 34 heavy (non-hydrogen) atoms. The van der Waals surface area contributed by atoms with Gasteiger partial charge in [0.1, 0.15) is 42.5 Å². The Bertz CT molecular complexity index is 1160. The van der Waals surface area contributed by atoms with E-state index in [1.54, 1.807) is 12.1 Å². The monoisotopic (exact) mass is 470 g/mol. The molecule has 0 aliphatic rings. The first-order chi connectivity index (χ1) is 16.3. The minimum absolute atomic E-state index is 0.0556. The molecule has 4 aromatic rings. The van der Waals surface area contributed by atoms with Gasteiger partial charge in [-0.3, -0.25) is 0 Å². The third-order valence-corrected chi connectivity index (χ3v) is 4.84. The van der Waals surface area contributed by atoms with Gasteiger partial charge in [-0.15, -0.1) is 6.58 Å². The fourth-order valence-electron chi connectivity index (χ4n) is 3.27. The highest BCUT2D eigenvalue weighted by Crippen LogP contribution is 2.28. The van der Waals surface area contributed by atoms with Crippen molar-refractivity contribution in [3.05, 3.63) is 97.1 Å². The van der Waals surface area contributed by atoms with Gasteiger partial charge in [0.05, 0.1) is 20.2 Å². The van der Waals surface area contributed by atoms with Crippen molar-refractivity contribution >= 4 is 0 Å². The molecule has 0 bridgehead atoms. The van der Waals surface area contributed by atoms with Crippen molar-refractivity contribution in [1.29, 1.82) is 0 Å². The van der Waals surface area contributed by atoms with Crippen molar-refractivity contribution in [1.82, 2.24) is 29.5 Å². The summed E-state index contributed by atoms with van der Waals surface area (Å²) >= 11 is 0. The maximum atomic E-state index is 14.1. The highest BCUT2D eigenvalue weighted by Gasteiger charge is 2.34. The van der Waals surface area contributed by atoms with E-state index in [9.17, 15) is 19.0 Å². The number of aliphatic hydroxyl groups is 1. The van der Waals surface area contributed by atoms with Gasteiger partial charge in [-0.1, -0.05) is 18.2 Å². The Morgan fingerprint density at radius 2 is 1.68 bits per heavy atom. The third-order valence-electron chi connectivity index (χ3n) is 4.84. The summed E-state index contributed by atoms with van der Waals surface area (Å²) < 4.78 is 34.9. The average molecular weight is 470 g/mol. The zero-order valence-electron chi connectivity index (χ0n) is 18.4. The van der Waals surface area contributed by atoms with E-state index in [4.69, 9.17) is 4.74 Å². The number of ether oxygens (including phenoxy) is 1. The van der Waals surface area contributed by atoms with E-state index < -0.39 is 17.2 Å². The van der Waals surface area contributed by atoms with Crippen LogP contribution in [0.3, 0.4) is 0 Å². The summed E-state index contributed by atoms with van der Waals surface area (Å²) in [5.41, 5.74) is -0.668. The zero-order chi connectivity index (χ0) is 24.6. The third kappa shape index (κ3) is 6.23. The van der Waals surface area contributed by atoms with E-state index in [1.165, 1.54) is 47.8 Å². The van der Waals surface area contributed by atoms with Gasteiger partial charge >= 0.3 is 0 Å². The van der Waals surface area contributed by atoms with E-state index in [-0.39, 0.29) is 24.4 Å². The molecule has 0 radical (unpaired) electrons. The van der Waals surface area contributed by atoms with Crippen LogP contribution >= 0.6 is 0 Å². The molecule has 0 amide bonds. The lowest BCUT2D eigenvalue weighted by molar-refractivity contribution is -0.00856. The number of phenolic OH excluding ortho intramolecular Hbond substituents is 1. The van der Waals surface area contributed by atoms with Crippen LogP contribution in [-0.4, -0.2) is 46.9 Å². The molecule has 0 saturated carbocycles. The van der Waals surface area contributed by atoms with Crippen molar-refractivity contribution in [3.63, 3.8) is 0 Å². The number of aromatic hydroxyl groups is 1.